The van der Waals surface area contributed by atoms with E-state index in [4.69, 9.17) is 5.84 Å². The molecule has 4 aliphatic carbocycles. The largest absolute Gasteiger partial charge is 0.291 e. The predicted octanol–water partition coefficient (Wildman–Crippen LogP) is 1.75. The highest BCUT2D eigenvalue weighted by Gasteiger charge is 2.49. The van der Waals surface area contributed by atoms with Crippen LogP contribution in [0.4, 0.5) is 0 Å². The van der Waals surface area contributed by atoms with Crippen molar-refractivity contribution in [3.8, 4) is 0 Å². The molecule has 0 radical (unpaired) electrons. The van der Waals surface area contributed by atoms with Crippen LogP contribution in [-0.4, -0.2) is 5.91 Å². The highest BCUT2D eigenvalue weighted by molar-refractivity contribution is 5.86. The van der Waals surface area contributed by atoms with Crippen LogP contribution in [0.25, 0.3) is 0 Å². The fourth-order valence-electron chi connectivity index (χ4n) is 4.68. The molecule has 0 atom stereocenters. The summed E-state index contributed by atoms with van der Waals surface area (Å²) >= 11 is 0. The second-order valence-electron chi connectivity index (χ2n) is 6.12. The van der Waals surface area contributed by atoms with Gasteiger partial charge < -0.3 is 0 Å². The average Bonchev–Trinajstić information content (AvgIpc) is 2.24. The number of allylic oxidation sites excluding steroid dienone is 1. The molecular weight excluding hydrogens is 200 g/mol. The number of amides is 1. The zero-order chi connectivity index (χ0) is 11.2. The summed E-state index contributed by atoms with van der Waals surface area (Å²) in [4.78, 5) is 11.2. The summed E-state index contributed by atoms with van der Waals surface area (Å²) < 4.78 is 0. The van der Waals surface area contributed by atoms with Gasteiger partial charge in [-0.3, -0.25) is 10.2 Å². The van der Waals surface area contributed by atoms with E-state index in [9.17, 15) is 4.79 Å². The molecule has 4 bridgehead atoms. The third kappa shape index (κ3) is 1.67. The number of rotatable bonds is 2. The number of carbonyl (C=O) groups is 1. The Hall–Kier alpha value is -0.830. The van der Waals surface area contributed by atoms with Gasteiger partial charge in [-0.05, 0) is 61.7 Å². The number of hydrogen-bond acceptors (Lipinski definition) is 2. The first-order valence-corrected chi connectivity index (χ1v) is 6.39. The summed E-state index contributed by atoms with van der Waals surface area (Å²) in [7, 11) is 0. The van der Waals surface area contributed by atoms with Crippen molar-refractivity contribution >= 4 is 5.91 Å². The Morgan fingerprint density at radius 2 is 1.62 bits per heavy atom. The smallest absolute Gasteiger partial charge is 0.257 e. The Bertz CT molecular complexity index is 300. The summed E-state index contributed by atoms with van der Waals surface area (Å²) in [6, 6.07) is 0. The molecule has 4 rings (SSSR count). The first kappa shape index (κ1) is 10.3. The fraction of sp³-hybridized carbons (Fsp3) is 0.769. The zero-order valence-electron chi connectivity index (χ0n) is 9.61. The molecule has 4 aliphatic rings. The van der Waals surface area contributed by atoms with Gasteiger partial charge in [0.15, 0.2) is 0 Å². The van der Waals surface area contributed by atoms with E-state index >= 15 is 0 Å². The summed E-state index contributed by atoms with van der Waals surface area (Å²) in [5.41, 5.74) is 2.51. The lowest BCUT2D eigenvalue weighted by Crippen LogP contribution is -2.45. The molecule has 0 saturated heterocycles. The van der Waals surface area contributed by atoms with Gasteiger partial charge in [0.25, 0.3) is 5.91 Å². The van der Waals surface area contributed by atoms with Crippen molar-refractivity contribution in [2.24, 2.45) is 29.0 Å². The van der Waals surface area contributed by atoms with Gasteiger partial charge in [0.05, 0.1) is 0 Å². The van der Waals surface area contributed by atoms with Crippen LogP contribution in [0.15, 0.2) is 12.2 Å². The van der Waals surface area contributed by atoms with E-state index in [1.807, 2.05) is 0 Å². The highest BCUT2D eigenvalue weighted by Crippen LogP contribution is 2.60. The second kappa shape index (κ2) is 3.59. The molecule has 0 aromatic carbocycles. The third-order valence-electron chi connectivity index (χ3n) is 4.82. The molecule has 0 aromatic rings. The van der Waals surface area contributed by atoms with Gasteiger partial charge in [-0.25, -0.2) is 5.84 Å². The summed E-state index contributed by atoms with van der Waals surface area (Å²) in [5, 5.41) is 0. The van der Waals surface area contributed by atoms with Crippen molar-refractivity contribution in [3.63, 3.8) is 0 Å². The molecule has 0 aromatic heterocycles. The number of nitrogens with two attached hydrogens (primary N) is 1. The predicted molar refractivity (Wildman–Crippen MR) is 62.1 cm³/mol. The monoisotopic (exact) mass is 220 g/mol. The second-order valence-corrected chi connectivity index (χ2v) is 6.12. The number of hydrazine groups is 1. The summed E-state index contributed by atoms with van der Waals surface area (Å²) in [6.07, 6.45) is 12.0. The molecule has 16 heavy (non-hydrogen) atoms. The van der Waals surface area contributed by atoms with Crippen LogP contribution in [0, 0.1) is 23.2 Å². The summed E-state index contributed by atoms with van der Waals surface area (Å²) in [6.45, 7) is 0. The maximum absolute atomic E-state index is 11.2. The molecule has 88 valence electrons. The summed E-state index contributed by atoms with van der Waals surface area (Å²) in [5.74, 6) is 7.71. The van der Waals surface area contributed by atoms with Gasteiger partial charge in [0.1, 0.15) is 0 Å². The van der Waals surface area contributed by atoms with Gasteiger partial charge in [0.2, 0.25) is 0 Å². The Morgan fingerprint density at radius 3 is 2.06 bits per heavy atom. The molecule has 3 nitrogen and oxygen atoms in total. The normalized spacial score (nSPS) is 45.2. The lowest BCUT2D eigenvalue weighted by Gasteiger charge is -2.55. The quantitative estimate of drug-likeness (QED) is 0.322. The number of carbonyl (C=O) groups excluding carboxylic acids is 1. The molecular formula is C13H20N2O. The topological polar surface area (TPSA) is 55.1 Å². The Kier molecular flexibility index (Phi) is 2.32. The highest BCUT2D eigenvalue weighted by atomic mass is 16.2. The van der Waals surface area contributed by atoms with E-state index < -0.39 is 0 Å². The first-order chi connectivity index (χ1) is 7.69. The van der Waals surface area contributed by atoms with E-state index in [1.165, 1.54) is 38.5 Å². The minimum absolute atomic E-state index is 0.171. The first-order valence-electron chi connectivity index (χ1n) is 6.39. The Labute approximate surface area is 96.4 Å². The van der Waals surface area contributed by atoms with Crippen LogP contribution in [0.1, 0.15) is 38.5 Å². The zero-order valence-corrected chi connectivity index (χ0v) is 9.61. The standard InChI is InChI=1S/C13H20N2O/c14-15-12(16)1-2-13-6-9-3-10(7-13)5-11(4-9)8-13/h1-2,9-11H,3-8,14H2,(H,15,16)/b2-1+. The van der Waals surface area contributed by atoms with Crippen LogP contribution in [0.5, 0.6) is 0 Å². The molecule has 3 N–H and O–H groups in total. The molecule has 0 heterocycles. The van der Waals surface area contributed by atoms with Gasteiger partial charge in [-0.15, -0.1) is 0 Å². The van der Waals surface area contributed by atoms with Crippen molar-refractivity contribution in [2.75, 3.05) is 0 Å². The lowest BCUT2D eigenvalue weighted by atomic mass is 9.49. The van der Waals surface area contributed by atoms with Crippen molar-refractivity contribution in [1.29, 1.82) is 0 Å². The van der Waals surface area contributed by atoms with E-state index in [1.54, 1.807) is 6.08 Å². The third-order valence-corrected chi connectivity index (χ3v) is 4.82. The van der Waals surface area contributed by atoms with E-state index in [2.05, 4.69) is 11.5 Å². The molecule has 4 fully saturated rings. The van der Waals surface area contributed by atoms with Crippen molar-refractivity contribution in [3.05, 3.63) is 12.2 Å². The van der Waals surface area contributed by atoms with E-state index in [0.29, 0.717) is 5.41 Å². The lowest BCUT2D eigenvalue weighted by molar-refractivity contribution is -0.116. The maximum atomic E-state index is 11.2. The average molecular weight is 220 g/mol. The van der Waals surface area contributed by atoms with E-state index in [0.717, 1.165) is 17.8 Å². The van der Waals surface area contributed by atoms with E-state index in [-0.39, 0.29) is 5.91 Å². The number of nitrogens with one attached hydrogen (secondary N) is 1. The van der Waals surface area contributed by atoms with Gasteiger partial charge in [-0.2, -0.15) is 0 Å². The van der Waals surface area contributed by atoms with Crippen LogP contribution in [0.2, 0.25) is 0 Å². The fourth-order valence-corrected chi connectivity index (χ4v) is 4.68. The molecule has 0 aliphatic heterocycles. The van der Waals surface area contributed by atoms with Gasteiger partial charge in [-0.1, -0.05) is 6.08 Å². The van der Waals surface area contributed by atoms with Gasteiger partial charge >= 0.3 is 0 Å². The Balaban J connectivity index is 1.78. The maximum Gasteiger partial charge on any atom is 0.257 e. The van der Waals surface area contributed by atoms with Crippen molar-refractivity contribution < 1.29 is 4.79 Å². The van der Waals surface area contributed by atoms with Gasteiger partial charge in [0, 0.05) is 6.08 Å². The molecule has 4 saturated carbocycles. The molecule has 0 unspecified atom stereocenters. The minimum Gasteiger partial charge on any atom is -0.291 e. The number of hydrogen-bond donors (Lipinski definition) is 2. The molecule has 3 heteroatoms. The van der Waals surface area contributed by atoms with Crippen LogP contribution < -0.4 is 11.3 Å². The van der Waals surface area contributed by atoms with Crippen molar-refractivity contribution in [1.82, 2.24) is 5.43 Å². The SMILES string of the molecule is NNC(=O)/C=C/C12CC3CC(CC(C3)C1)C2. The van der Waals surface area contributed by atoms with Crippen LogP contribution in [-0.2, 0) is 4.79 Å². The van der Waals surface area contributed by atoms with Crippen LogP contribution >= 0.6 is 0 Å². The minimum atomic E-state index is -0.171. The molecule has 0 spiro atoms. The Morgan fingerprint density at radius 1 is 1.12 bits per heavy atom. The molecule has 1 amide bonds. The van der Waals surface area contributed by atoms with Crippen molar-refractivity contribution in [2.45, 2.75) is 38.5 Å². The van der Waals surface area contributed by atoms with Crippen LogP contribution in [0.3, 0.4) is 0 Å².